The van der Waals surface area contributed by atoms with Crippen LogP contribution in [0.4, 0.5) is 0 Å². The number of hydrogen-bond donors (Lipinski definition) is 0. The Labute approximate surface area is 205 Å². The van der Waals surface area contributed by atoms with E-state index in [-0.39, 0.29) is 24.1 Å². The molecule has 3 aliphatic heterocycles. The SMILES string of the molecule is COc1cc2ncn(CC(=O)N3CCCC4=C[C@H]5C[C@H](CN6CCCC[C@H]56)[C@@H]43)c(=O)c2cc1OC. The maximum atomic E-state index is 13.6. The zero-order valence-corrected chi connectivity index (χ0v) is 20.6. The van der Waals surface area contributed by atoms with Gasteiger partial charge in [0, 0.05) is 25.2 Å². The van der Waals surface area contributed by atoms with Crippen LogP contribution < -0.4 is 15.0 Å². The van der Waals surface area contributed by atoms with E-state index < -0.39 is 0 Å². The number of methoxy groups -OCH3 is 2. The molecule has 8 heteroatoms. The average Bonchev–Trinajstić information content (AvgIpc) is 2.89. The van der Waals surface area contributed by atoms with Crippen LogP contribution in [0, 0.1) is 11.8 Å². The second-order valence-electron chi connectivity index (χ2n) is 10.5. The number of hydrogen-bond acceptors (Lipinski definition) is 6. The van der Waals surface area contributed by atoms with Gasteiger partial charge in [-0.25, -0.2) is 4.98 Å². The molecule has 2 bridgehead atoms. The molecule has 1 aromatic carbocycles. The monoisotopic (exact) mass is 478 g/mol. The molecule has 1 amide bonds. The molecular formula is C27H34N4O4. The Morgan fingerprint density at radius 3 is 2.77 bits per heavy atom. The number of aromatic nitrogens is 2. The molecule has 4 atom stereocenters. The van der Waals surface area contributed by atoms with Crippen molar-refractivity contribution in [2.24, 2.45) is 11.8 Å². The Morgan fingerprint density at radius 1 is 1.11 bits per heavy atom. The fourth-order valence-electron chi connectivity index (χ4n) is 7.09. The highest BCUT2D eigenvalue weighted by atomic mass is 16.5. The lowest BCUT2D eigenvalue weighted by atomic mass is 9.68. The largest absolute Gasteiger partial charge is 0.493 e. The first-order valence-electron chi connectivity index (χ1n) is 12.9. The van der Waals surface area contributed by atoms with Crippen molar-refractivity contribution in [3.05, 3.63) is 40.5 Å². The predicted octanol–water partition coefficient (Wildman–Crippen LogP) is 2.84. The number of carbonyl (C=O) groups is 1. The molecule has 4 aliphatic rings. The first kappa shape index (κ1) is 22.6. The second kappa shape index (κ2) is 8.97. The molecule has 4 heterocycles. The van der Waals surface area contributed by atoms with Crippen molar-refractivity contribution in [3.8, 4) is 11.5 Å². The van der Waals surface area contributed by atoms with Gasteiger partial charge in [-0.1, -0.05) is 18.1 Å². The van der Waals surface area contributed by atoms with Crippen LogP contribution in [0.15, 0.2) is 34.9 Å². The number of likely N-dealkylation sites (tertiary alicyclic amines) is 1. The Morgan fingerprint density at radius 2 is 1.94 bits per heavy atom. The quantitative estimate of drug-likeness (QED) is 0.629. The Balaban J connectivity index is 1.27. The molecule has 0 spiro atoms. The van der Waals surface area contributed by atoms with Crippen molar-refractivity contribution in [2.75, 3.05) is 33.9 Å². The summed E-state index contributed by atoms with van der Waals surface area (Å²) in [5.74, 6) is 2.12. The number of benzene rings is 1. The summed E-state index contributed by atoms with van der Waals surface area (Å²) in [4.78, 5) is 36.1. The number of piperidine rings is 3. The molecule has 2 aromatic rings. The van der Waals surface area contributed by atoms with Gasteiger partial charge in [-0.15, -0.1) is 0 Å². The molecule has 186 valence electrons. The van der Waals surface area contributed by atoms with Crippen molar-refractivity contribution in [2.45, 2.75) is 57.2 Å². The number of nitrogens with zero attached hydrogens (tertiary/aromatic N) is 4. The first-order valence-corrected chi connectivity index (χ1v) is 12.9. The lowest BCUT2D eigenvalue weighted by Gasteiger charge is -2.54. The third kappa shape index (κ3) is 3.82. The molecule has 0 radical (unpaired) electrons. The van der Waals surface area contributed by atoms with E-state index in [0.717, 1.165) is 25.9 Å². The summed E-state index contributed by atoms with van der Waals surface area (Å²) >= 11 is 0. The van der Waals surface area contributed by atoms with Crippen LogP contribution in [-0.2, 0) is 11.3 Å². The van der Waals surface area contributed by atoms with Crippen LogP contribution in [0.2, 0.25) is 0 Å². The summed E-state index contributed by atoms with van der Waals surface area (Å²) < 4.78 is 12.1. The van der Waals surface area contributed by atoms with Crippen molar-refractivity contribution >= 4 is 16.8 Å². The summed E-state index contributed by atoms with van der Waals surface area (Å²) in [5, 5.41) is 0.418. The van der Waals surface area contributed by atoms with Crippen molar-refractivity contribution in [1.82, 2.24) is 19.4 Å². The molecule has 0 unspecified atom stereocenters. The van der Waals surface area contributed by atoms with Crippen LogP contribution in [-0.4, -0.2) is 71.2 Å². The van der Waals surface area contributed by atoms with Crippen molar-refractivity contribution < 1.29 is 14.3 Å². The van der Waals surface area contributed by atoms with E-state index in [1.165, 1.54) is 55.8 Å². The van der Waals surface area contributed by atoms with Crippen molar-refractivity contribution in [3.63, 3.8) is 0 Å². The second-order valence-corrected chi connectivity index (χ2v) is 10.5. The smallest absolute Gasteiger partial charge is 0.261 e. The van der Waals surface area contributed by atoms with Crippen LogP contribution in [0.25, 0.3) is 10.9 Å². The van der Waals surface area contributed by atoms with Gasteiger partial charge in [0.1, 0.15) is 6.54 Å². The fourth-order valence-corrected chi connectivity index (χ4v) is 7.09. The van der Waals surface area contributed by atoms with E-state index in [4.69, 9.17) is 9.47 Å². The molecular weight excluding hydrogens is 444 g/mol. The number of rotatable bonds is 4. The number of fused-ring (bicyclic) bond motifs is 7. The first-order chi connectivity index (χ1) is 17.1. The summed E-state index contributed by atoms with van der Waals surface area (Å²) in [6, 6.07) is 4.20. The maximum absolute atomic E-state index is 13.6. The highest BCUT2D eigenvalue weighted by molar-refractivity contribution is 5.82. The minimum Gasteiger partial charge on any atom is -0.493 e. The van der Waals surface area contributed by atoms with E-state index in [0.29, 0.717) is 40.3 Å². The summed E-state index contributed by atoms with van der Waals surface area (Å²) in [6.45, 7) is 3.04. The van der Waals surface area contributed by atoms with Gasteiger partial charge in [0.05, 0.1) is 37.5 Å². The minimum atomic E-state index is -0.241. The van der Waals surface area contributed by atoms with Crippen LogP contribution in [0.5, 0.6) is 11.5 Å². The maximum Gasteiger partial charge on any atom is 0.261 e. The highest BCUT2D eigenvalue weighted by Crippen LogP contribution is 2.45. The molecule has 3 saturated heterocycles. The zero-order chi connectivity index (χ0) is 24.1. The lowest BCUT2D eigenvalue weighted by molar-refractivity contribution is -0.137. The van der Waals surface area contributed by atoms with Gasteiger partial charge in [0.15, 0.2) is 11.5 Å². The zero-order valence-electron chi connectivity index (χ0n) is 20.6. The highest BCUT2D eigenvalue weighted by Gasteiger charge is 2.46. The van der Waals surface area contributed by atoms with Crippen LogP contribution >= 0.6 is 0 Å². The summed E-state index contributed by atoms with van der Waals surface area (Å²) in [5.41, 5.74) is 1.74. The van der Waals surface area contributed by atoms with Gasteiger partial charge in [-0.3, -0.25) is 19.1 Å². The Bertz CT molecular complexity index is 1240. The van der Waals surface area contributed by atoms with E-state index in [1.54, 1.807) is 19.2 Å². The minimum absolute atomic E-state index is 0.00237. The van der Waals surface area contributed by atoms with E-state index in [1.807, 2.05) is 0 Å². The molecule has 8 nitrogen and oxygen atoms in total. The van der Waals surface area contributed by atoms with E-state index >= 15 is 0 Å². The fraction of sp³-hybridized carbons (Fsp3) is 0.593. The molecule has 3 fully saturated rings. The molecule has 0 N–H and O–H groups in total. The molecule has 0 saturated carbocycles. The molecule has 35 heavy (non-hydrogen) atoms. The molecule has 6 rings (SSSR count). The third-order valence-electron chi connectivity index (χ3n) is 8.61. The van der Waals surface area contributed by atoms with Gasteiger partial charge < -0.3 is 14.4 Å². The molecule has 1 aromatic heterocycles. The van der Waals surface area contributed by atoms with Gasteiger partial charge in [-0.05, 0) is 56.6 Å². The number of ether oxygens (including phenoxy) is 2. The lowest BCUT2D eigenvalue weighted by Crippen LogP contribution is -2.60. The standard InChI is InChI=1S/C27H34N4O4/c1-34-23-12-20-21(13-24(23)35-2)28-16-30(27(20)33)15-25(32)31-9-5-6-17-10-18-11-19(26(17)31)14-29-8-4-3-7-22(18)29/h10,12-13,16,18-19,22,26H,3-9,11,14-15H2,1-2H3/t18-,19+,22+,26+/m0/s1. The van der Waals surface area contributed by atoms with E-state index in [9.17, 15) is 9.59 Å². The number of carbonyl (C=O) groups excluding carboxylic acids is 1. The normalized spacial score (nSPS) is 28.2. The van der Waals surface area contributed by atoms with Gasteiger partial charge in [0.25, 0.3) is 5.56 Å². The van der Waals surface area contributed by atoms with E-state index in [2.05, 4.69) is 20.9 Å². The third-order valence-corrected chi connectivity index (χ3v) is 8.61. The molecule has 1 aliphatic carbocycles. The van der Waals surface area contributed by atoms with Gasteiger partial charge in [0.2, 0.25) is 5.91 Å². The van der Waals surface area contributed by atoms with Crippen LogP contribution in [0.1, 0.15) is 38.5 Å². The average molecular weight is 479 g/mol. The predicted molar refractivity (Wildman–Crippen MR) is 133 cm³/mol. The van der Waals surface area contributed by atoms with Crippen molar-refractivity contribution in [1.29, 1.82) is 0 Å². The Hall–Kier alpha value is -2.87. The summed E-state index contributed by atoms with van der Waals surface area (Å²) in [6.07, 6.45) is 11.2. The van der Waals surface area contributed by atoms with Crippen LogP contribution in [0.3, 0.4) is 0 Å². The van der Waals surface area contributed by atoms with Gasteiger partial charge in [-0.2, -0.15) is 0 Å². The Kier molecular flexibility index (Phi) is 5.79. The summed E-state index contributed by atoms with van der Waals surface area (Å²) in [7, 11) is 3.09. The topological polar surface area (TPSA) is 76.9 Å². The van der Waals surface area contributed by atoms with Gasteiger partial charge >= 0.3 is 0 Å². The number of amides is 1.